The summed E-state index contributed by atoms with van der Waals surface area (Å²) < 4.78 is 11.9. The zero-order valence-corrected chi connectivity index (χ0v) is 21.1. The van der Waals surface area contributed by atoms with Crippen molar-refractivity contribution >= 4 is 11.8 Å². The molecule has 0 spiro atoms. The fourth-order valence-electron chi connectivity index (χ4n) is 5.00. The number of rotatable bonds is 8. The second-order valence-corrected chi connectivity index (χ2v) is 10.2. The molecule has 0 saturated carbocycles. The SMILES string of the molecule is CCCCOc1ccccc1C1C(C(=O)OCc2ccccc2)=C(C)NC2=C1C(=O)CC(C)(C)C2. The Hall–Kier alpha value is -3.34. The lowest BCUT2D eigenvalue weighted by Crippen LogP contribution is -2.38. The molecule has 0 amide bonds. The van der Waals surface area contributed by atoms with E-state index < -0.39 is 11.9 Å². The number of unbranched alkanes of at least 4 members (excludes halogenated alkanes) is 1. The van der Waals surface area contributed by atoms with Gasteiger partial charge in [0, 0.05) is 29.0 Å². The molecule has 1 aliphatic heterocycles. The van der Waals surface area contributed by atoms with Crippen LogP contribution in [0.25, 0.3) is 0 Å². The predicted octanol–water partition coefficient (Wildman–Crippen LogP) is 6.21. The van der Waals surface area contributed by atoms with Gasteiger partial charge >= 0.3 is 5.97 Å². The highest BCUT2D eigenvalue weighted by Gasteiger charge is 2.44. The van der Waals surface area contributed by atoms with E-state index in [2.05, 4.69) is 26.1 Å². The maximum absolute atomic E-state index is 13.6. The molecule has 0 radical (unpaired) electrons. The number of hydrogen-bond acceptors (Lipinski definition) is 5. The molecule has 0 bridgehead atoms. The van der Waals surface area contributed by atoms with Crippen molar-refractivity contribution in [2.24, 2.45) is 5.41 Å². The number of hydrogen-bond donors (Lipinski definition) is 1. The average molecular weight is 474 g/mol. The van der Waals surface area contributed by atoms with Crippen LogP contribution in [0, 0.1) is 5.41 Å². The van der Waals surface area contributed by atoms with Gasteiger partial charge in [0.05, 0.1) is 18.1 Å². The van der Waals surface area contributed by atoms with E-state index >= 15 is 0 Å². The number of carbonyl (C=O) groups is 2. The molecule has 2 aromatic carbocycles. The molecular formula is C30H35NO4. The second kappa shape index (κ2) is 10.5. The van der Waals surface area contributed by atoms with Crippen LogP contribution in [0.2, 0.25) is 0 Å². The summed E-state index contributed by atoms with van der Waals surface area (Å²) in [6, 6.07) is 17.4. The van der Waals surface area contributed by atoms with Gasteiger partial charge in [-0.2, -0.15) is 0 Å². The maximum Gasteiger partial charge on any atom is 0.337 e. The second-order valence-electron chi connectivity index (χ2n) is 10.2. The molecule has 184 valence electrons. The number of benzene rings is 2. The van der Waals surface area contributed by atoms with Gasteiger partial charge in [-0.25, -0.2) is 4.79 Å². The quantitative estimate of drug-likeness (QED) is 0.365. The Bertz CT molecular complexity index is 1160. The molecule has 0 saturated heterocycles. The third-order valence-electron chi connectivity index (χ3n) is 6.66. The monoisotopic (exact) mass is 473 g/mol. The summed E-state index contributed by atoms with van der Waals surface area (Å²) in [5.74, 6) is -0.177. The molecule has 1 N–H and O–H groups in total. The van der Waals surface area contributed by atoms with E-state index in [1.54, 1.807) is 0 Å². The van der Waals surface area contributed by atoms with Crippen LogP contribution in [0.5, 0.6) is 5.75 Å². The minimum Gasteiger partial charge on any atom is -0.493 e. The zero-order valence-electron chi connectivity index (χ0n) is 21.1. The number of esters is 1. The molecule has 35 heavy (non-hydrogen) atoms. The first-order chi connectivity index (χ1) is 16.8. The number of ketones is 1. The van der Waals surface area contributed by atoms with Gasteiger partial charge in [0.2, 0.25) is 0 Å². The molecule has 0 aromatic heterocycles. The lowest BCUT2D eigenvalue weighted by atomic mass is 9.68. The molecule has 1 aliphatic carbocycles. The van der Waals surface area contributed by atoms with Gasteiger partial charge in [0.15, 0.2) is 5.78 Å². The Morgan fingerprint density at radius 2 is 1.77 bits per heavy atom. The molecular weight excluding hydrogens is 438 g/mol. The molecule has 5 nitrogen and oxygen atoms in total. The predicted molar refractivity (Wildman–Crippen MR) is 137 cm³/mol. The van der Waals surface area contributed by atoms with Crippen LogP contribution in [0.3, 0.4) is 0 Å². The molecule has 5 heteroatoms. The van der Waals surface area contributed by atoms with Crippen molar-refractivity contribution in [3.8, 4) is 5.75 Å². The van der Waals surface area contributed by atoms with Crippen LogP contribution >= 0.6 is 0 Å². The Labute approximate surface area is 208 Å². The van der Waals surface area contributed by atoms with Gasteiger partial charge in [0.25, 0.3) is 0 Å². The van der Waals surface area contributed by atoms with Crippen LogP contribution in [0.15, 0.2) is 77.1 Å². The van der Waals surface area contributed by atoms with E-state index in [4.69, 9.17) is 9.47 Å². The smallest absolute Gasteiger partial charge is 0.337 e. The molecule has 1 heterocycles. The molecule has 1 atom stereocenters. The lowest BCUT2D eigenvalue weighted by molar-refractivity contribution is -0.140. The summed E-state index contributed by atoms with van der Waals surface area (Å²) in [4.78, 5) is 27.1. The lowest BCUT2D eigenvalue weighted by Gasteiger charge is -2.39. The largest absolute Gasteiger partial charge is 0.493 e. The van der Waals surface area contributed by atoms with E-state index in [-0.39, 0.29) is 17.8 Å². The number of carbonyl (C=O) groups excluding carboxylic acids is 2. The number of Topliss-reactive ketones (excluding diaryl/α,β-unsaturated/α-hetero) is 1. The van der Waals surface area contributed by atoms with Crippen molar-refractivity contribution in [1.29, 1.82) is 0 Å². The molecule has 2 aliphatic rings. The van der Waals surface area contributed by atoms with Crippen molar-refractivity contribution in [2.45, 2.75) is 65.9 Å². The fourth-order valence-corrected chi connectivity index (χ4v) is 5.00. The molecule has 1 unspecified atom stereocenters. The van der Waals surface area contributed by atoms with Gasteiger partial charge in [-0.15, -0.1) is 0 Å². The van der Waals surface area contributed by atoms with E-state index in [0.717, 1.165) is 41.8 Å². The number of nitrogens with one attached hydrogen (secondary N) is 1. The van der Waals surface area contributed by atoms with E-state index in [1.165, 1.54) is 0 Å². The van der Waals surface area contributed by atoms with Crippen LogP contribution < -0.4 is 10.1 Å². The van der Waals surface area contributed by atoms with Crippen LogP contribution in [-0.4, -0.2) is 18.4 Å². The van der Waals surface area contributed by atoms with E-state index in [0.29, 0.717) is 29.9 Å². The third-order valence-corrected chi connectivity index (χ3v) is 6.66. The van der Waals surface area contributed by atoms with Gasteiger partial charge in [-0.1, -0.05) is 75.7 Å². The minimum absolute atomic E-state index is 0.0676. The first-order valence-corrected chi connectivity index (χ1v) is 12.5. The highest BCUT2D eigenvalue weighted by molar-refractivity contribution is 6.04. The van der Waals surface area contributed by atoms with Crippen molar-refractivity contribution in [2.75, 3.05) is 6.61 Å². The van der Waals surface area contributed by atoms with Crippen molar-refractivity contribution in [1.82, 2.24) is 5.32 Å². The molecule has 0 fully saturated rings. The van der Waals surface area contributed by atoms with Gasteiger partial charge in [0.1, 0.15) is 12.4 Å². The van der Waals surface area contributed by atoms with Gasteiger partial charge in [-0.05, 0) is 36.8 Å². The Morgan fingerprint density at radius 3 is 2.51 bits per heavy atom. The summed E-state index contributed by atoms with van der Waals surface area (Å²) in [5, 5.41) is 3.40. The van der Waals surface area contributed by atoms with Gasteiger partial charge in [-0.3, -0.25) is 4.79 Å². The number of para-hydroxylation sites is 1. The summed E-state index contributed by atoms with van der Waals surface area (Å²) in [6.45, 7) is 8.98. The van der Waals surface area contributed by atoms with Crippen LogP contribution in [-0.2, 0) is 20.9 Å². The van der Waals surface area contributed by atoms with Gasteiger partial charge < -0.3 is 14.8 Å². The Morgan fingerprint density at radius 1 is 1.06 bits per heavy atom. The normalized spacial score (nSPS) is 19.2. The fraction of sp³-hybridized carbons (Fsp3) is 0.400. The van der Waals surface area contributed by atoms with E-state index in [1.807, 2.05) is 61.5 Å². The molecule has 2 aromatic rings. The summed E-state index contributed by atoms with van der Waals surface area (Å²) >= 11 is 0. The first kappa shape index (κ1) is 24.8. The Balaban J connectivity index is 1.75. The zero-order chi connectivity index (χ0) is 25.0. The summed E-state index contributed by atoms with van der Waals surface area (Å²) in [7, 11) is 0. The van der Waals surface area contributed by atoms with Crippen LogP contribution in [0.1, 0.15) is 70.4 Å². The summed E-state index contributed by atoms with van der Waals surface area (Å²) in [6.07, 6.45) is 3.14. The van der Waals surface area contributed by atoms with Crippen molar-refractivity contribution in [3.05, 3.63) is 88.3 Å². The van der Waals surface area contributed by atoms with Crippen LogP contribution in [0.4, 0.5) is 0 Å². The molecule has 4 rings (SSSR count). The average Bonchev–Trinajstić information content (AvgIpc) is 2.82. The topological polar surface area (TPSA) is 64.6 Å². The minimum atomic E-state index is -0.532. The third kappa shape index (κ3) is 5.50. The number of ether oxygens (including phenoxy) is 2. The number of dihydropyridines is 1. The standard InChI is InChI=1S/C30H35NO4/c1-5-6-16-34-25-15-11-10-14-22(25)27-26(29(33)35-19-21-12-8-7-9-13-21)20(2)31-23-17-30(3,4)18-24(32)28(23)27/h7-15,27,31H,5-6,16-19H2,1-4H3. The first-order valence-electron chi connectivity index (χ1n) is 12.5. The highest BCUT2D eigenvalue weighted by atomic mass is 16.5. The van der Waals surface area contributed by atoms with Crippen molar-refractivity contribution in [3.63, 3.8) is 0 Å². The Kier molecular flexibility index (Phi) is 7.44. The van der Waals surface area contributed by atoms with E-state index in [9.17, 15) is 9.59 Å². The maximum atomic E-state index is 13.6. The highest BCUT2D eigenvalue weighted by Crippen LogP contribution is 2.48. The van der Waals surface area contributed by atoms with Crippen molar-refractivity contribution < 1.29 is 19.1 Å². The summed E-state index contributed by atoms with van der Waals surface area (Å²) in [5.41, 5.74) is 4.36. The number of allylic oxidation sites excluding steroid dienone is 3.